The third kappa shape index (κ3) is 5.62. The van der Waals surface area contributed by atoms with E-state index < -0.39 is 10.0 Å². The zero-order valence-electron chi connectivity index (χ0n) is 11.8. The van der Waals surface area contributed by atoms with E-state index in [4.69, 9.17) is 12.2 Å². The summed E-state index contributed by atoms with van der Waals surface area (Å²) in [5.41, 5.74) is 0. The maximum atomic E-state index is 11.9. The van der Waals surface area contributed by atoms with E-state index in [2.05, 4.69) is 17.6 Å². The number of nitrogens with zero attached hydrogens (tertiary/aromatic N) is 1. The summed E-state index contributed by atoms with van der Waals surface area (Å²) < 4.78 is 25.5. The first-order valence-corrected chi connectivity index (χ1v) is 9.03. The van der Waals surface area contributed by atoms with Gasteiger partial charge in [-0.3, -0.25) is 0 Å². The molecule has 0 bridgehead atoms. The molecule has 1 aliphatic heterocycles. The van der Waals surface area contributed by atoms with Crippen molar-refractivity contribution < 1.29 is 8.42 Å². The summed E-state index contributed by atoms with van der Waals surface area (Å²) in [6.07, 6.45) is 3.34. The van der Waals surface area contributed by atoms with Crippen molar-refractivity contribution in [2.75, 3.05) is 25.4 Å². The number of nitrogens with one attached hydrogen (secondary N) is 2. The molecule has 1 heterocycles. The summed E-state index contributed by atoms with van der Waals surface area (Å²) in [5, 5.41) is 7.06. The quantitative estimate of drug-likeness (QED) is 0.719. The molecule has 19 heavy (non-hydrogen) atoms. The fourth-order valence-electron chi connectivity index (χ4n) is 2.14. The van der Waals surface area contributed by atoms with E-state index in [0.717, 1.165) is 25.8 Å². The summed E-state index contributed by atoms with van der Waals surface area (Å²) >= 11 is 5.19. The Hall–Kier alpha value is -0.400. The average Bonchev–Trinajstić information content (AvgIpc) is 2.37. The van der Waals surface area contributed by atoms with Crippen LogP contribution in [0.5, 0.6) is 0 Å². The molecule has 0 aromatic heterocycles. The Labute approximate surface area is 122 Å². The molecule has 0 aromatic carbocycles. The van der Waals surface area contributed by atoms with Gasteiger partial charge in [0.15, 0.2) is 5.11 Å². The Morgan fingerprint density at radius 1 is 1.26 bits per heavy atom. The minimum absolute atomic E-state index is 0.252. The van der Waals surface area contributed by atoms with Gasteiger partial charge in [0.25, 0.3) is 0 Å². The molecule has 0 aromatic rings. The third-order valence-corrected chi connectivity index (χ3v) is 5.52. The van der Waals surface area contributed by atoms with Crippen molar-refractivity contribution >= 4 is 27.4 Å². The van der Waals surface area contributed by atoms with E-state index in [0.29, 0.717) is 24.6 Å². The second-order valence-corrected chi connectivity index (χ2v) is 7.39. The minimum Gasteiger partial charge on any atom is -0.363 e. The standard InChI is InChI=1S/C12H25N3O2S2/c1-3-7-13-12(18)14-11-5-8-15(9-6-11)19(16,17)10-4-2/h11H,3-10H2,1-2H3,(H2,13,14,18). The molecule has 2 N–H and O–H groups in total. The molecule has 1 rings (SSSR count). The van der Waals surface area contributed by atoms with E-state index >= 15 is 0 Å². The van der Waals surface area contributed by atoms with Crippen molar-refractivity contribution in [3.8, 4) is 0 Å². The van der Waals surface area contributed by atoms with Gasteiger partial charge in [-0.05, 0) is 37.9 Å². The lowest BCUT2D eigenvalue weighted by Crippen LogP contribution is -2.49. The Bertz CT molecular complexity index is 376. The third-order valence-electron chi connectivity index (χ3n) is 3.18. The van der Waals surface area contributed by atoms with Gasteiger partial charge in [-0.25, -0.2) is 12.7 Å². The SMILES string of the molecule is CCCNC(=S)NC1CCN(S(=O)(=O)CCC)CC1. The topological polar surface area (TPSA) is 61.4 Å². The van der Waals surface area contributed by atoms with Crippen LogP contribution in [-0.2, 0) is 10.0 Å². The van der Waals surface area contributed by atoms with Crippen molar-refractivity contribution in [1.29, 1.82) is 0 Å². The highest BCUT2D eigenvalue weighted by molar-refractivity contribution is 7.89. The average molecular weight is 307 g/mol. The monoisotopic (exact) mass is 307 g/mol. The van der Waals surface area contributed by atoms with Crippen LogP contribution in [0.4, 0.5) is 0 Å². The Kier molecular flexibility index (Phi) is 7.02. The lowest BCUT2D eigenvalue weighted by atomic mass is 10.1. The van der Waals surface area contributed by atoms with Crippen LogP contribution in [0.25, 0.3) is 0 Å². The fraction of sp³-hybridized carbons (Fsp3) is 0.917. The molecule has 1 fully saturated rings. The van der Waals surface area contributed by atoms with E-state index in [9.17, 15) is 8.42 Å². The molecule has 0 atom stereocenters. The van der Waals surface area contributed by atoms with Crippen molar-refractivity contribution in [2.24, 2.45) is 0 Å². The Balaban J connectivity index is 2.35. The normalized spacial score (nSPS) is 18.2. The molecule has 1 saturated heterocycles. The van der Waals surface area contributed by atoms with Crippen LogP contribution in [0.15, 0.2) is 0 Å². The summed E-state index contributed by atoms with van der Waals surface area (Å²) in [5.74, 6) is 0.252. The maximum absolute atomic E-state index is 11.9. The first kappa shape index (κ1) is 16.7. The molecule has 0 saturated carbocycles. The van der Waals surface area contributed by atoms with Crippen molar-refractivity contribution in [3.63, 3.8) is 0 Å². The first-order valence-electron chi connectivity index (χ1n) is 7.01. The zero-order chi connectivity index (χ0) is 14.3. The van der Waals surface area contributed by atoms with Crippen molar-refractivity contribution in [3.05, 3.63) is 0 Å². The van der Waals surface area contributed by atoms with Gasteiger partial charge in [0.2, 0.25) is 10.0 Å². The highest BCUT2D eigenvalue weighted by Gasteiger charge is 2.27. The highest BCUT2D eigenvalue weighted by atomic mass is 32.2. The number of thiocarbonyl (C=S) groups is 1. The largest absolute Gasteiger partial charge is 0.363 e. The van der Waals surface area contributed by atoms with E-state index in [1.807, 2.05) is 6.92 Å². The molecule has 0 unspecified atom stereocenters. The summed E-state index contributed by atoms with van der Waals surface area (Å²) in [4.78, 5) is 0. The van der Waals surface area contributed by atoms with Crippen LogP contribution in [0.2, 0.25) is 0 Å². The van der Waals surface area contributed by atoms with Crippen LogP contribution in [0.3, 0.4) is 0 Å². The van der Waals surface area contributed by atoms with E-state index in [-0.39, 0.29) is 11.8 Å². The Morgan fingerprint density at radius 2 is 1.89 bits per heavy atom. The lowest BCUT2D eigenvalue weighted by molar-refractivity contribution is 0.307. The van der Waals surface area contributed by atoms with Gasteiger partial charge in [-0.2, -0.15) is 0 Å². The molecular formula is C12H25N3O2S2. The van der Waals surface area contributed by atoms with Gasteiger partial charge in [-0.1, -0.05) is 13.8 Å². The van der Waals surface area contributed by atoms with Gasteiger partial charge >= 0.3 is 0 Å². The van der Waals surface area contributed by atoms with Crippen molar-refractivity contribution in [2.45, 2.75) is 45.6 Å². The van der Waals surface area contributed by atoms with Gasteiger partial charge in [0.05, 0.1) is 5.75 Å². The van der Waals surface area contributed by atoms with Gasteiger partial charge < -0.3 is 10.6 Å². The number of sulfonamides is 1. The van der Waals surface area contributed by atoms with E-state index in [1.165, 1.54) is 0 Å². The first-order chi connectivity index (χ1) is 8.99. The Morgan fingerprint density at radius 3 is 2.42 bits per heavy atom. The number of rotatable bonds is 6. The molecule has 0 spiro atoms. The van der Waals surface area contributed by atoms with Crippen LogP contribution < -0.4 is 10.6 Å². The second-order valence-electron chi connectivity index (χ2n) is 4.89. The number of piperidine rings is 1. The van der Waals surface area contributed by atoms with Gasteiger partial charge in [0.1, 0.15) is 0 Å². The van der Waals surface area contributed by atoms with Crippen LogP contribution in [0, 0.1) is 0 Å². The lowest BCUT2D eigenvalue weighted by Gasteiger charge is -2.32. The maximum Gasteiger partial charge on any atom is 0.214 e. The molecule has 5 nitrogen and oxygen atoms in total. The van der Waals surface area contributed by atoms with Crippen LogP contribution in [-0.4, -0.2) is 49.3 Å². The molecule has 112 valence electrons. The van der Waals surface area contributed by atoms with Crippen LogP contribution >= 0.6 is 12.2 Å². The van der Waals surface area contributed by atoms with Crippen LogP contribution in [0.1, 0.15) is 39.5 Å². The fourth-order valence-corrected chi connectivity index (χ4v) is 3.95. The van der Waals surface area contributed by atoms with Gasteiger partial charge in [0, 0.05) is 25.7 Å². The number of hydrogen-bond donors (Lipinski definition) is 2. The van der Waals surface area contributed by atoms with Gasteiger partial charge in [-0.15, -0.1) is 0 Å². The summed E-state index contributed by atoms with van der Waals surface area (Å²) in [6.45, 7) is 6.04. The molecular weight excluding hydrogens is 282 g/mol. The predicted octanol–water partition coefficient (Wildman–Crippen LogP) is 1.06. The molecule has 0 aliphatic carbocycles. The van der Waals surface area contributed by atoms with E-state index in [1.54, 1.807) is 4.31 Å². The highest BCUT2D eigenvalue weighted by Crippen LogP contribution is 2.15. The molecule has 0 amide bonds. The summed E-state index contributed by atoms with van der Waals surface area (Å²) in [7, 11) is -3.04. The second kappa shape index (κ2) is 8.01. The molecule has 0 radical (unpaired) electrons. The minimum atomic E-state index is -3.04. The zero-order valence-corrected chi connectivity index (χ0v) is 13.4. The molecule has 7 heteroatoms. The predicted molar refractivity (Wildman–Crippen MR) is 82.7 cm³/mol. The number of hydrogen-bond acceptors (Lipinski definition) is 3. The smallest absolute Gasteiger partial charge is 0.214 e. The summed E-state index contributed by atoms with van der Waals surface area (Å²) in [6, 6.07) is 0.282. The molecule has 1 aliphatic rings. The van der Waals surface area contributed by atoms with Crippen molar-refractivity contribution in [1.82, 2.24) is 14.9 Å².